The largest absolute Gasteiger partial charge is 0.338 e. The van der Waals surface area contributed by atoms with E-state index in [2.05, 4.69) is 25.5 Å². The summed E-state index contributed by atoms with van der Waals surface area (Å²) in [6.45, 7) is 6.08. The molecule has 1 aliphatic heterocycles. The molecule has 1 fully saturated rings. The maximum absolute atomic E-state index is 12.2. The molecular weight excluding hydrogens is 296 g/mol. The van der Waals surface area contributed by atoms with Crippen molar-refractivity contribution in [2.75, 3.05) is 18.4 Å². The van der Waals surface area contributed by atoms with Crippen LogP contribution in [-0.4, -0.2) is 49.9 Å². The van der Waals surface area contributed by atoms with Crippen LogP contribution < -0.4 is 5.32 Å². The molecule has 0 radical (unpaired) electrons. The van der Waals surface area contributed by atoms with Crippen molar-refractivity contribution in [1.29, 1.82) is 0 Å². The molecule has 1 saturated heterocycles. The maximum Gasteiger partial charge on any atom is 0.240 e. The van der Waals surface area contributed by atoms with Gasteiger partial charge in [0.15, 0.2) is 0 Å². The minimum Gasteiger partial charge on any atom is -0.338 e. The molecule has 8 heteroatoms. The summed E-state index contributed by atoms with van der Waals surface area (Å²) in [6.07, 6.45) is 5.39. The summed E-state index contributed by atoms with van der Waals surface area (Å²) in [4.78, 5) is 18.4. The molecule has 1 atom stereocenters. The molecule has 1 N–H and O–H groups in total. The highest BCUT2D eigenvalue weighted by Crippen LogP contribution is 2.20. The van der Waals surface area contributed by atoms with E-state index in [-0.39, 0.29) is 11.8 Å². The molecule has 0 unspecified atom stereocenters. The highest BCUT2D eigenvalue weighted by Gasteiger charge is 2.27. The van der Waals surface area contributed by atoms with E-state index >= 15 is 0 Å². The number of carbonyl (C=O) groups excluding carboxylic acids is 1. The second-order valence-corrected chi connectivity index (χ2v) is 6.20. The molecule has 3 rings (SSSR count). The van der Waals surface area contributed by atoms with Gasteiger partial charge in [-0.05, 0) is 25.3 Å². The maximum atomic E-state index is 12.2. The van der Waals surface area contributed by atoms with E-state index in [4.69, 9.17) is 4.52 Å². The van der Waals surface area contributed by atoms with Crippen LogP contribution in [0.5, 0.6) is 0 Å². The number of rotatable bonds is 6. The van der Waals surface area contributed by atoms with Crippen LogP contribution in [0.4, 0.5) is 5.88 Å². The lowest BCUT2D eigenvalue weighted by Gasteiger charge is -2.23. The van der Waals surface area contributed by atoms with Crippen molar-refractivity contribution in [2.45, 2.75) is 45.2 Å². The number of nitrogens with zero attached hydrogens (tertiary/aromatic N) is 5. The van der Waals surface area contributed by atoms with Gasteiger partial charge in [0.2, 0.25) is 11.8 Å². The monoisotopic (exact) mass is 318 g/mol. The van der Waals surface area contributed by atoms with Crippen molar-refractivity contribution >= 4 is 11.8 Å². The predicted octanol–water partition coefficient (Wildman–Crippen LogP) is 1.49. The fourth-order valence-electron chi connectivity index (χ4n) is 2.83. The van der Waals surface area contributed by atoms with Gasteiger partial charge in [-0.3, -0.25) is 19.7 Å². The number of aromatic nitrogens is 4. The van der Waals surface area contributed by atoms with E-state index in [0.29, 0.717) is 18.5 Å². The minimum absolute atomic E-state index is 0.0815. The zero-order valence-corrected chi connectivity index (χ0v) is 13.5. The molecule has 0 spiro atoms. The lowest BCUT2D eigenvalue weighted by atomic mass is 10.1. The second-order valence-electron chi connectivity index (χ2n) is 6.20. The van der Waals surface area contributed by atoms with Crippen LogP contribution in [0.15, 0.2) is 23.2 Å². The zero-order valence-electron chi connectivity index (χ0n) is 13.5. The van der Waals surface area contributed by atoms with Crippen molar-refractivity contribution in [2.24, 2.45) is 0 Å². The average molecular weight is 318 g/mol. The molecule has 3 heterocycles. The van der Waals surface area contributed by atoms with E-state index in [1.807, 2.05) is 18.5 Å². The third kappa shape index (κ3) is 3.95. The Bertz CT molecular complexity index is 636. The van der Waals surface area contributed by atoms with Crippen molar-refractivity contribution < 1.29 is 9.32 Å². The van der Waals surface area contributed by atoms with Crippen molar-refractivity contribution in [3.05, 3.63) is 24.4 Å². The van der Waals surface area contributed by atoms with Gasteiger partial charge in [0.05, 0.1) is 18.8 Å². The summed E-state index contributed by atoms with van der Waals surface area (Å²) in [5, 5.41) is 10.9. The Morgan fingerprint density at radius 3 is 3.09 bits per heavy atom. The van der Waals surface area contributed by atoms with Crippen LogP contribution in [0.1, 0.15) is 38.3 Å². The molecule has 1 amide bonds. The number of amides is 1. The molecule has 1 aliphatic rings. The third-order valence-electron chi connectivity index (χ3n) is 4.09. The van der Waals surface area contributed by atoms with Gasteiger partial charge in [0.25, 0.3) is 0 Å². The first-order chi connectivity index (χ1) is 11.1. The summed E-state index contributed by atoms with van der Waals surface area (Å²) in [5.74, 6) is 0.600. The lowest BCUT2D eigenvalue weighted by Crippen LogP contribution is -2.39. The molecule has 23 heavy (non-hydrogen) atoms. The normalized spacial score (nSPS) is 18.7. The van der Waals surface area contributed by atoms with E-state index in [1.165, 1.54) is 6.33 Å². The number of nitrogens with one attached hydrogen (secondary N) is 1. The van der Waals surface area contributed by atoms with Crippen molar-refractivity contribution in [1.82, 2.24) is 24.8 Å². The van der Waals surface area contributed by atoms with Crippen LogP contribution in [0.25, 0.3) is 0 Å². The Labute approximate surface area is 134 Å². The van der Waals surface area contributed by atoms with Crippen LogP contribution in [0, 0.1) is 0 Å². The molecular formula is C15H22N6O2. The number of anilines is 1. The van der Waals surface area contributed by atoms with E-state index in [9.17, 15) is 4.79 Å². The Kier molecular flexibility index (Phi) is 4.71. The van der Waals surface area contributed by atoms with Crippen LogP contribution in [-0.2, 0) is 11.3 Å². The van der Waals surface area contributed by atoms with Gasteiger partial charge in [-0.25, -0.2) is 4.98 Å². The number of carbonyl (C=O) groups is 1. The Balaban J connectivity index is 1.53. The first-order valence-corrected chi connectivity index (χ1v) is 7.94. The van der Waals surface area contributed by atoms with Gasteiger partial charge >= 0.3 is 0 Å². The molecule has 0 saturated carbocycles. The summed E-state index contributed by atoms with van der Waals surface area (Å²) >= 11 is 0. The first kappa shape index (κ1) is 15.7. The third-order valence-corrected chi connectivity index (χ3v) is 4.09. The number of hydrogen-bond donors (Lipinski definition) is 1. The van der Waals surface area contributed by atoms with Gasteiger partial charge in [-0.1, -0.05) is 19.0 Å². The van der Waals surface area contributed by atoms with Gasteiger partial charge < -0.3 is 4.52 Å². The van der Waals surface area contributed by atoms with E-state index < -0.39 is 0 Å². The molecule has 2 aromatic rings. The number of likely N-dealkylation sites (tertiary alicyclic amines) is 1. The molecule has 0 aromatic carbocycles. The summed E-state index contributed by atoms with van der Waals surface area (Å²) in [6, 6.07) is 2.09. The zero-order chi connectivity index (χ0) is 16.2. The van der Waals surface area contributed by atoms with Crippen LogP contribution >= 0.6 is 0 Å². The lowest BCUT2D eigenvalue weighted by molar-refractivity contribution is -0.117. The average Bonchev–Trinajstić information content (AvgIpc) is 3.22. The summed E-state index contributed by atoms with van der Waals surface area (Å²) < 4.78 is 6.96. The number of hydrogen-bond acceptors (Lipinski definition) is 6. The topological polar surface area (TPSA) is 89.1 Å². The molecule has 0 aliphatic carbocycles. The fourth-order valence-corrected chi connectivity index (χ4v) is 2.83. The molecule has 8 nitrogen and oxygen atoms in total. The fraction of sp³-hybridized carbons (Fsp3) is 0.600. The Morgan fingerprint density at radius 1 is 1.52 bits per heavy atom. The minimum atomic E-state index is -0.0815. The summed E-state index contributed by atoms with van der Waals surface area (Å²) in [5.41, 5.74) is 0.838. The standard InChI is InChI=1S/C15H22N6O2/c1-11(2)13-6-15(23-19-13)18-14(22)8-20-5-3-4-12(20)7-21-10-16-9-17-21/h6,9-12H,3-5,7-8H2,1-2H3,(H,18,22)/t12-/m1/s1. The molecule has 0 bridgehead atoms. The highest BCUT2D eigenvalue weighted by atomic mass is 16.5. The first-order valence-electron chi connectivity index (χ1n) is 7.94. The van der Waals surface area contributed by atoms with Gasteiger partial charge in [0.1, 0.15) is 12.7 Å². The Morgan fingerprint density at radius 2 is 2.39 bits per heavy atom. The molecule has 2 aromatic heterocycles. The summed E-state index contributed by atoms with van der Waals surface area (Å²) in [7, 11) is 0. The second kappa shape index (κ2) is 6.91. The van der Waals surface area contributed by atoms with E-state index in [0.717, 1.165) is 31.6 Å². The van der Waals surface area contributed by atoms with Gasteiger partial charge in [-0.15, -0.1) is 0 Å². The SMILES string of the molecule is CC(C)c1cc(NC(=O)CN2CCC[C@@H]2Cn2cncn2)on1. The quantitative estimate of drug-likeness (QED) is 0.868. The predicted molar refractivity (Wildman–Crippen MR) is 83.8 cm³/mol. The van der Waals surface area contributed by atoms with Crippen LogP contribution in [0.3, 0.4) is 0 Å². The van der Waals surface area contributed by atoms with E-state index in [1.54, 1.807) is 12.4 Å². The van der Waals surface area contributed by atoms with Gasteiger partial charge in [-0.2, -0.15) is 5.10 Å². The van der Waals surface area contributed by atoms with Gasteiger partial charge in [0, 0.05) is 12.1 Å². The van der Waals surface area contributed by atoms with Crippen molar-refractivity contribution in [3.63, 3.8) is 0 Å². The smallest absolute Gasteiger partial charge is 0.240 e. The highest BCUT2D eigenvalue weighted by molar-refractivity contribution is 5.91. The van der Waals surface area contributed by atoms with Crippen LogP contribution in [0.2, 0.25) is 0 Å². The molecule has 124 valence electrons. The van der Waals surface area contributed by atoms with Crippen molar-refractivity contribution in [3.8, 4) is 0 Å². The Hall–Kier alpha value is -2.22.